The van der Waals surface area contributed by atoms with Crippen molar-refractivity contribution >= 4 is 29.3 Å². The number of nitro groups is 1. The van der Waals surface area contributed by atoms with Crippen LogP contribution in [0.25, 0.3) is 0 Å². The minimum atomic E-state index is -0.611. The van der Waals surface area contributed by atoms with Gasteiger partial charge in [0.1, 0.15) is 0 Å². The summed E-state index contributed by atoms with van der Waals surface area (Å²) in [7, 11) is 1.38. The lowest BCUT2D eigenvalue weighted by Gasteiger charge is -2.12. The fourth-order valence-corrected chi connectivity index (χ4v) is 2.52. The van der Waals surface area contributed by atoms with E-state index in [9.17, 15) is 19.7 Å². The molecule has 0 saturated heterocycles. The predicted molar refractivity (Wildman–Crippen MR) is 109 cm³/mol. The van der Waals surface area contributed by atoms with Crippen molar-refractivity contribution in [3.05, 3.63) is 57.1 Å². The van der Waals surface area contributed by atoms with Crippen molar-refractivity contribution in [3.8, 4) is 17.2 Å². The standard InChI is InChI=1S/C19H20ClN3O7/c1-3-29-19(25)22-9-8-21-18(24)12-4-6-16(17(10-12)28-2)30-15-7-5-13(20)11-14(15)23(26)27/h4-7,10-11H,3,8-9H2,1-2H3,(H,21,24)(H,22,25). The van der Waals surface area contributed by atoms with Crippen LogP contribution in [0.5, 0.6) is 17.2 Å². The van der Waals surface area contributed by atoms with E-state index in [0.29, 0.717) is 0 Å². The monoisotopic (exact) mass is 437 g/mol. The van der Waals surface area contributed by atoms with Crippen LogP contribution < -0.4 is 20.1 Å². The molecular weight excluding hydrogens is 418 g/mol. The number of alkyl carbamates (subject to hydrolysis) is 1. The third-order valence-electron chi connectivity index (χ3n) is 3.72. The first-order valence-electron chi connectivity index (χ1n) is 8.84. The first-order chi connectivity index (χ1) is 14.3. The lowest BCUT2D eigenvalue weighted by atomic mass is 10.2. The molecule has 160 valence electrons. The van der Waals surface area contributed by atoms with Gasteiger partial charge in [0.2, 0.25) is 5.75 Å². The predicted octanol–water partition coefficient (Wildman–Crippen LogP) is 3.53. The molecule has 30 heavy (non-hydrogen) atoms. The van der Waals surface area contributed by atoms with E-state index in [2.05, 4.69) is 10.6 Å². The molecule has 0 aliphatic rings. The Labute approximate surface area is 177 Å². The summed E-state index contributed by atoms with van der Waals surface area (Å²) in [6.07, 6.45) is -0.564. The van der Waals surface area contributed by atoms with E-state index in [0.717, 1.165) is 0 Å². The molecule has 10 nitrogen and oxygen atoms in total. The first kappa shape index (κ1) is 22.8. The van der Waals surface area contributed by atoms with Gasteiger partial charge in [-0.2, -0.15) is 0 Å². The fraction of sp³-hybridized carbons (Fsp3) is 0.263. The zero-order valence-corrected chi connectivity index (χ0v) is 17.0. The molecule has 11 heteroatoms. The molecule has 2 aromatic rings. The highest BCUT2D eigenvalue weighted by atomic mass is 35.5. The summed E-state index contributed by atoms with van der Waals surface area (Å²) < 4.78 is 15.6. The fourth-order valence-electron chi connectivity index (χ4n) is 2.36. The van der Waals surface area contributed by atoms with Gasteiger partial charge in [-0.1, -0.05) is 11.6 Å². The number of nitrogens with zero attached hydrogens (tertiary/aromatic N) is 1. The van der Waals surface area contributed by atoms with Crippen molar-refractivity contribution in [2.75, 3.05) is 26.8 Å². The number of carbonyl (C=O) groups is 2. The van der Waals surface area contributed by atoms with Crippen LogP contribution in [0.4, 0.5) is 10.5 Å². The number of amides is 2. The summed E-state index contributed by atoms with van der Waals surface area (Å²) in [5.74, 6) is -0.0343. The topological polar surface area (TPSA) is 129 Å². The number of nitro benzene ring substituents is 1. The first-order valence-corrected chi connectivity index (χ1v) is 9.22. The van der Waals surface area contributed by atoms with E-state index >= 15 is 0 Å². The number of methoxy groups -OCH3 is 1. The van der Waals surface area contributed by atoms with Crippen molar-refractivity contribution < 1.29 is 28.7 Å². The highest BCUT2D eigenvalue weighted by Gasteiger charge is 2.19. The summed E-state index contributed by atoms with van der Waals surface area (Å²) >= 11 is 5.80. The smallest absolute Gasteiger partial charge is 0.407 e. The number of hydrogen-bond donors (Lipinski definition) is 2. The maximum atomic E-state index is 12.3. The second-order valence-electron chi connectivity index (χ2n) is 5.74. The van der Waals surface area contributed by atoms with E-state index in [-0.39, 0.29) is 53.2 Å². The van der Waals surface area contributed by atoms with Crippen LogP contribution in [0.2, 0.25) is 5.02 Å². The zero-order chi connectivity index (χ0) is 22.1. The van der Waals surface area contributed by atoms with Gasteiger partial charge < -0.3 is 24.8 Å². The van der Waals surface area contributed by atoms with Crippen molar-refractivity contribution in [2.24, 2.45) is 0 Å². The van der Waals surface area contributed by atoms with Crippen molar-refractivity contribution in [1.29, 1.82) is 0 Å². The van der Waals surface area contributed by atoms with Gasteiger partial charge in [0.05, 0.1) is 18.6 Å². The summed E-state index contributed by atoms with van der Waals surface area (Å²) in [4.78, 5) is 34.1. The molecule has 0 aliphatic heterocycles. The number of carbonyl (C=O) groups excluding carboxylic acids is 2. The second-order valence-corrected chi connectivity index (χ2v) is 6.18. The summed E-state index contributed by atoms with van der Waals surface area (Å²) in [5.41, 5.74) is -0.0265. The van der Waals surface area contributed by atoms with Crippen LogP contribution in [-0.2, 0) is 4.74 Å². The Morgan fingerprint density at radius 3 is 2.43 bits per heavy atom. The van der Waals surface area contributed by atoms with Gasteiger partial charge in [0.15, 0.2) is 11.5 Å². The average molecular weight is 438 g/mol. The molecule has 0 aliphatic carbocycles. The highest BCUT2D eigenvalue weighted by Crippen LogP contribution is 2.37. The molecule has 2 amide bonds. The maximum absolute atomic E-state index is 12.3. The quantitative estimate of drug-likeness (QED) is 0.348. The minimum Gasteiger partial charge on any atom is -0.493 e. The van der Waals surface area contributed by atoms with Gasteiger partial charge in [-0.25, -0.2) is 4.79 Å². The molecule has 2 aromatic carbocycles. The van der Waals surface area contributed by atoms with Crippen molar-refractivity contribution in [2.45, 2.75) is 6.92 Å². The summed E-state index contributed by atoms with van der Waals surface area (Å²) in [6.45, 7) is 2.33. The molecule has 0 fully saturated rings. The maximum Gasteiger partial charge on any atom is 0.407 e. The number of halogens is 1. The zero-order valence-electron chi connectivity index (χ0n) is 16.3. The molecule has 0 saturated carbocycles. The van der Waals surface area contributed by atoms with Gasteiger partial charge >= 0.3 is 11.8 Å². The summed E-state index contributed by atoms with van der Waals surface area (Å²) in [6, 6.07) is 8.39. The molecular formula is C19H20ClN3O7. The molecule has 0 atom stereocenters. The van der Waals surface area contributed by atoms with E-state index in [1.165, 1.54) is 43.5 Å². The highest BCUT2D eigenvalue weighted by molar-refractivity contribution is 6.30. The second kappa shape index (κ2) is 10.9. The van der Waals surface area contributed by atoms with E-state index in [1.807, 2.05) is 0 Å². The average Bonchev–Trinajstić information content (AvgIpc) is 2.72. The van der Waals surface area contributed by atoms with E-state index in [4.69, 9.17) is 25.8 Å². The number of benzene rings is 2. The number of hydrogen-bond acceptors (Lipinski definition) is 7. The summed E-state index contributed by atoms with van der Waals surface area (Å²) in [5, 5.41) is 16.5. The molecule has 0 spiro atoms. The molecule has 2 rings (SSSR count). The minimum absolute atomic E-state index is 0.0232. The van der Waals surface area contributed by atoms with Crippen molar-refractivity contribution in [1.82, 2.24) is 10.6 Å². The Hall–Kier alpha value is -3.53. The Balaban J connectivity index is 2.07. The SMILES string of the molecule is CCOC(=O)NCCNC(=O)c1ccc(Oc2ccc(Cl)cc2[N+](=O)[O-])c(OC)c1. The Bertz CT molecular complexity index is 936. The van der Waals surface area contributed by atoms with Crippen LogP contribution in [0.3, 0.4) is 0 Å². The molecule has 2 N–H and O–H groups in total. The van der Waals surface area contributed by atoms with Crippen LogP contribution in [0.1, 0.15) is 17.3 Å². The van der Waals surface area contributed by atoms with Crippen LogP contribution in [-0.4, -0.2) is 43.7 Å². The Morgan fingerprint density at radius 2 is 1.77 bits per heavy atom. The number of nitrogens with one attached hydrogen (secondary N) is 2. The lowest BCUT2D eigenvalue weighted by molar-refractivity contribution is -0.385. The third-order valence-corrected chi connectivity index (χ3v) is 3.95. The number of ether oxygens (including phenoxy) is 3. The van der Waals surface area contributed by atoms with Gasteiger partial charge in [0, 0.05) is 29.7 Å². The number of rotatable bonds is 9. The van der Waals surface area contributed by atoms with Crippen LogP contribution >= 0.6 is 11.6 Å². The van der Waals surface area contributed by atoms with E-state index < -0.39 is 16.9 Å². The van der Waals surface area contributed by atoms with Crippen molar-refractivity contribution in [3.63, 3.8) is 0 Å². The largest absolute Gasteiger partial charge is 0.493 e. The normalized spacial score (nSPS) is 10.1. The van der Waals surface area contributed by atoms with Gasteiger partial charge in [0.25, 0.3) is 5.91 Å². The van der Waals surface area contributed by atoms with Gasteiger partial charge in [-0.05, 0) is 37.3 Å². The Kier molecular flexibility index (Phi) is 8.24. The molecule has 0 unspecified atom stereocenters. The molecule has 0 aromatic heterocycles. The van der Waals surface area contributed by atoms with Gasteiger partial charge in [-0.3, -0.25) is 14.9 Å². The van der Waals surface area contributed by atoms with Gasteiger partial charge in [-0.15, -0.1) is 0 Å². The van der Waals surface area contributed by atoms with E-state index in [1.54, 1.807) is 6.92 Å². The molecule has 0 bridgehead atoms. The third kappa shape index (κ3) is 6.24. The molecule has 0 heterocycles. The lowest BCUT2D eigenvalue weighted by Crippen LogP contribution is -2.34. The van der Waals surface area contributed by atoms with Crippen LogP contribution in [0, 0.1) is 10.1 Å². The van der Waals surface area contributed by atoms with Crippen LogP contribution in [0.15, 0.2) is 36.4 Å². The Morgan fingerprint density at radius 1 is 1.07 bits per heavy atom. The molecule has 0 radical (unpaired) electrons.